The number of hydrogen-bond donors (Lipinski definition) is 1. The summed E-state index contributed by atoms with van der Waals surface area (Å²) >= 11 is 10.3. The molecule has 0 saturated heterocycles. The Morgan fingerprint density at radius 2 is 2.07 bits per heavy atom. The highest BCUT2D eigenvalue weighted by Crippen LogP contribution is 2.28. The van der Waals surface area contributed by atoms with Crippen LogP contribution < -0.4 is 10.2 Å². The van der Waals surface area contributed by atoms with Crippen molar-refractivity contribution in [2.75, 3.05) is 0 Å². The third-order valence-corrected chi connectivity index (χ3v) is 5.65. The van der Waals surface area contributed by atoms with Crippen LogP contribution in [0.2, 0.25) is 5.15 Å². The van der Waals surface area contributed by atoms with E-state index in [9.17, 15) is 10.1 Å². The Morgan fingerprint density at radius 3 is 2.83 bits per heavy atom. The highest BCUT2D eigenvalue weighted by Gasteiger charge is 2.12. The number of ether oxygens (including phenoxy) is 1. The fraction of sp³-hybridized carbons (Fsp3) is 0.0476. The van der Waals surface area contributed by atoms with Crippen molar-refractivity contribution in [3.63, 3.8) is 0 Å². The summed E-state index contributed by atoms with van der Waals surface area (Å²) in [7, 11) is 0. The topological polar surface area (TPSA) is 87.4 Å². The molecule has 0 aliphatic rings. The van der Waals surface area contributed by atoms with E-state index in [0.717, 1.165) is 12.7 Å². The molecule has 3 aromatic rings. The second kappa shape index (κ2) is 10.7. The quantitative estimate of drug-likeness (QED) is 0.174. The Bertz CT molecular complexity index is 1160. The van der Waals surface area contributed by atoms with Gasteiger partial charge < -0.3 is 4.74 Å². The van der Waals surface area contributed by atoms with Crippen molar-refractivity contribution in [1.29, 1.82) is 5.26 Å². The predicted octanol–water partition coefficient (Wildman–Crippen LogP) is 5.16. The van der Waals surface area contributed by atoms with E-state index in [1.54, 1.807) is 18.2 Å². The fourth-order valence-corrected chi connectivity index (χ4v) is 4.76. The van der Waals surface area contributed by atoms with Gasteiger partial charge in [0.15, 0.2) is 0 Å². The molecule has 150 valence electrons. The molecule has 0 atom stereocenters. The molecule has 1 heterocycles. The molecule has 1 N–H and O–H groups in total. The number of amides is 1. The van der Waals surface area contributed by atoms with Gasteiger partial charge in [0.1, 0.15) is 17.5 Å². The molecule has 0 radical (unpaired) electrons. The third kappa shape index (κ3) is 5.68. The third-order valence-electron chi connectivity index (χ3n) is 3.92. The molecule has 0 saturated carbocycles. The van der Waals surface area contributed by atoms with Gasteiger partial charge in [0.05, 0.1) is 27.0 Å². The number of hydrogen-bond acceptors (Lipinski definition) is 5. The normalized spacial score (nSPS) is 10.6. The number of benzene rings is 2. The van der Waals surface area contributed by atoms with Gasteiger partial charge in [0.2, 0.25) is 0 Å². The van der Waals surface area contributed by atoms with Crippen LogP contribution >= 0.6 is 56.8 Å². The number of aromatic nitrogens is 1. The fourth-order valence-electron chi connectivity index (χ4n) is 2.51. The number of nitriles is 1. The van der Waals surface area contributed by atoms with Crippen molar-refractivity contribution >= 4 is 68.9 Å². The zero-order valence-corrected chi connectivity index (χ0v) is 20.3. The number of nitrogens with zero attached hydrogens (tertiary/aromatic N) is 3. The number of halogens is 3. The molecule has 0 fully saturated rings. The zero-order valence-electron chi connectivity index (χ0n) is 15.3. The van der Waals surface area contributed by atoms with Gasteiger partial charge in [-0.05, 0) is 75.5 Å². The molecule has 1 aromatic heterocycles. The first-order valence-corrected chi connectivity index (χ1v) is 11.1. The smallest absolute Gasteiger partial charge is 0.274 e. The van der Waals surface area contributed by atoms with Gasteiger partial charge >= 0.3 is 0 Å². The predicted molar refractivity (Wildman–Crippen MR) is 132 cm³/mol. The van der Waals surface area contributed by atoms with Crippen LogP contribution in [0, 0.1) is 18.5 Å². The molecular weight excluding hydrogens is 630 g/mol. The lowest BCUT2D eigenvalue weighted by Crippen LogP contribution is -2.18. The standard InChI is InChI=1S/C21H13ClI2N4O2/c22-20-17(6-3-7-26-20)21(29)28-27-11-15-8-16(23)9-18(24)19(15)30-12-14-5-2-1-4-13(14)10-25/h1-9,11H,12H2,(H,28,29). The number of pyridine rings is 1. The first-order chi connectivity index (χ1) is 14.5. The molecule has 1 amide bonds. The zero-order chi connectivity index (χ0) is 21.5. The van der Waals surface area contributed by atoms with Crippen molar-refractivity contribution in [1.82, 2.24) is 10.4 Å². The molecule has 0 aliphatic carbocycles. The Kier molecular flexibility index (Phi) is 8.01. The van der Waals surface area contributed by atoms with Crippen LogP contribution in [0.15, 0.2) is 59.8 Å². The SMILES string of the molecule is N#Cc1ccccc1COc1c(I)cc(I)cc1C=NNC(=O)c1cccnc1Cl. The molecule has 2 aromatic carbocycles. The van der Waals surface area contributed by atoms with E-state index in [1.807, 2.05) is 30.3 Å². The lowest BCUT2D eigenvalue weighted by molar-refractivity contribution is 0.0955. The Labute approximate surface area is 205 Å². The first kappa shape index (κ1) is 22.5. The number of carbonyl (C=O) groups excluding carboxylic acids is 1. The van der Waals surface area contributed by atoms with E-state index in [0.29, 0.717) is 16.9 Å². The second-order valence-electron chi connectivity index (χ2n) is 5.90. The number of carbonyl (C=O) groups is 1. The average Bonchev–Trinajstić information content (AvgIpc) is 2.73. The summed E-state index contributed by atoms with van der Waals surface area (Å²) in [6.07, 6.45) is 3.02. The van der Waals surface area contributed by atoms with Crippen LogP contribution in [-0.2, 0) is 6.61 Å². The largest absolute Gasteiger partial charge is 0.487 e. The van der Waals surface area contributed by atoms with Crippen LogP contribution in [0.1, 0.15) is 27.0 Å². The van der Waals surface area contributed by atoms with Crippen LogP contribution in [-0.4, -0.2) is 17.1 Å². The average molecular weight is 643 g/mol. The highest BCUT2D eigenvalue weighted by atomic mass is 127. The van der Waals surface area contributed by atoms with Crippen molar-refractivity contribution in [2.45, 2.75) is 6.61 Å². The van der Waals surface area contributed by atoms with E-state index in [1.165, 1.54) is 12.4 Å². The van der Waals surface area contributed by atoms with Crippen molar-refractivity contribution in [3.05, 3.63) is 89.3 Å². The maximum Gasteiger partial charge on any atom is 0.274 e. The van der Waals surface area contributed by atoms with Gasteiger partial charge in [-0.1, -0.05) is 29.8 Å². The van der Waals surface area contributed by atoms with E-state index >= 15 is 0 Å². The maximum atomic E-state index is 12.2. The number of nitrogens with one attached hydrogen (secondary N) is 1. The van der Waals surface area contributed by atoms with E-state index in [4.69, 9.17) is 16.3 Å². The van der Waals surface area contributed by atoms with Crippen LogP contribution in [0.3, 0.4) is 0 Å². The summed E-state index contributed by atoms with van der Waals surface area (Å²) in [5.74, 6) is 0.149. The Balaban J connectivity index is 1.79. The lowest BCUT2D eigenvalue weighted by atomic mass is 10.1. The van der Waals surface area contributed by atoms with E-state index < -0.39 is 5.91 Å². The van der Waals surface area contributed by atoms with Gasteiger partial charge in [-0.3, -0.25) is 4.79 Å². The molecule has 0 unspecified atom stereocenters. The Morgan fingerprint density at radius 1 is 1.27 bits per heavy atom. The first-order valence-electron chi connectivity index (χ1n) is 8.53. The molecular formula is C21H13ClI2N4O2. The summed E-state index contributed by atoms with van der Waals surface area (Å²) in [5.41, 5.74) is 4.73. The minimum Gasteiger partial charge on any atom is -0.487 e. The van der Waals surface area contributed by atoms with E-state index in [-0.39, 0.29) is 17.3 Å². The lowest BCUT2D eigenvalue weighted by Gasteiger charge is -2.13. The van der Waals surface area contributed by atoms with Gasteiger partial charge in [0.25, 0.3) is 5.91 Å². The van der Waals surface area contributed by atoms with Crippen LogP contribution in [0.5, 0.6) is 5.75 Å². The molecule has 0 aliphatic heterocycles. The van der Waals surface area contributed by atoms with Crippen molar-refractivity contribution in [3.8, 4) is 11.8 Å². The molecule has 30 heavy (non-hydrogen) atoms. The van der Waals surface area contributed by atoms with E-state index in [2.05, 4.69) is 66.8 Å². The van der Waals surface area contributed by atoms with Gasteiger partial charge in [-0.2, -0.15) is 10.4 Å². The van der Waals surface area contributed by atoms with Gasteiger partial charge in [-0.25, -0.2) is 10.4 Å². The molecule has 3 rings (SSSR count). The summed E-state index contributed by atoms with van der Waals surface area (Å²) in [6.45, 7) is 0.235. The minimum atomic E-state index is -0.463. The second-order valence-corrected chi connectivity index (χ2v) is 8.67. The molecule has 6 nitrogen and oxygen atoms in total. The molecule has 0 spiro atoms. The molecule has 9 heteroatoms. The van der Waals surface area contributed by atoms with Crippen molar-refractivity contribution in [2.24, 2.45) is 5.10 Å². The number of rotatable bonds is 6. The van der Waals surface area contributed by atoms with Crippen molar-refractivity contribution < 1.29 is 9.53 Å². The summed E-state index contributed by atoms with van der Waals surface area (Å²) < 4.78 is 7.89. The highest BCUT2D eigenvalue weighted by molar-refractivity contribution is 14.1. The maximum absolute atomic E-state index is 12.2. The van der Waals surface area contributed by atoms with Gasteiger partial charge in [0, 0.05) is 20.9 Å². The van der Waals surface area contributed by atoms with Crippen LogP contribution in [0.4, 0.5) is 0 Å². The summed E-state index contributed by atoms with van der Waals surface area (Å²) in [4.78, 5) is 16.1. The van der Waals surface area contributed by atoms with Gasteiger partial charge in [-0.15, -0.1) is 0 Å². The number of hydrazone groups is 1. The monoisotopic (exact) mass is 642 g/mol. The van der Waals surface area contributed by atoms with Crippen LogP contribution in [0.25, 0.3) is 0 Å². The summed E-state index contributed by atoms with van der Waals surface area (Å²) in [5, 5.41) is 13.4. The Hall–Kier alpha value is -2.23. The minimum absolute atomic E-state index is 0.106. The summed E-state index contributed by atoms with van der Waals surface area (Å²) in [6, 6.07) is 16.5. The molecule has 0 bridgehead atoms.